The van der Waals surface area contributed by atoms with Gasteiger partial charge in [-0.15, -0.1) is 0 Å². The number of nitrogens with one attached hydrogen (secondary N) is 1. The van der Waals surface area contributed by atoms with Gasteiger partial charge in [0.15, 0.2) is 0 Å². The van der Waals surface area contributed by atoms with Crippen molar-refractivity contribution >= 4 is 11.0 Å². The molecule has 0 radical (unpaired) electrons. The number of methoxy groups -OCH3 is 1. The normalized spacial score (nSPS) is 29.1. The average Bonchev–Trinajstić information content (AvgIpc) is 3.04. The van der Waals surface area contributed by atoms with Crippen molar-refractivity contribution in [3.8, 4) is 5.75 Å². The molecule has 1 aromatic carbocycles. The molecular weight excluding hydrogens is 406 g/mol. The van der Waals surface area contributed by atoms with Gasteiger partial charge in [-0.25, -0.2) is 8.93 Å². The Morgan fingerprint density at radius 3 is 2.65 bits per heavy atom. The molecule has 0 aliphatic heterocycles. The Morgan fingerprint density at radius 2 is 1.97 bits per heavy atom. The second-order valence-corrected chi connectivity index (χ2v) is 11.0. The van der Waals surface area contributed by atoms with Crippen LogP contribution in [0.25, 0.3) is 0 Å². The first-order valence-corrected chi connectivity index (χ1v) is 12.6. The molecule has 1 aromatic rings. The molecule has 3 aliphatic carbocycles. The van der Waals surface area contributed by atoms with Gasteiger partial charge in [0.05, 0.1) is 18.1 Å². The van der Waals surface area contributed by atoms with E-state index in [0.717, 1.165) is 29.1 Å². The van der Waals surface area contributed by atoms with Crippen LogP contribution in [0.3, 0.4) is 0 Å². The number of hydrogen-bond donors (Lipinski definition) is 2. The summed E-state index contributed by atoms with van der Waals surface area (Å²) >= 11 is 0. The van der Waals surface area contributed by atoms with E-state index in [0.29, 0.717) is 18.9 Å². The molecule has 0 heterocycles. The Morgan fingerprint density at radius 1 is 1.23 bits per heavy atom. The summed E-state index contributed by atoms with van der Waals surface area (Å²) in [6, 6.07) is 7.26. The third kappa shape index (κ3) is 4.46. The minimum atomic E-state index is -1.30. The molecule has 4 atom stereocenters. The summed E-state index contributed by atoms with van der Waals surface area (Å²) in [6.07, 6.45) is 9.27. The molecule has 0 spiro atoms. The summed E-state index contributed by atoms with van der Waals surface area (Å²) in [6.45, 7) is 7.51. The van der Waals surface area contributed by atoms with Crippen LogP contribution < -0.4 is 9.46 Å². The van der Waals surface area contributed by atoms with Crippen molar-refractivity contribution in [3.63, 3.8) is 0 Å². The molecule has 1 saturated carbocycles. The Labute approximate surface area is 189 Å². The second kappa shape index (κ2) is 9.05. The van der Waals surface area contributed by atoms with Crippen LogP contribution in [0.15, 0.2) is 63.6 Å². The van der Waals surface area contributed by atoms with E-state index in [-0.39, 0.29) is 17.4 Å². The summed E-state index contributed by atoms with van der Waals surface area (Å²) in [7, 11) is 0.318. The quantitative estimate of drug-likeness (QED) is 0.647. The van der Waals surface area contributed by atoms with Crippen molar-refractivity contribution in [1.29, 1.82) is 0 Å². The van der Waals surface area contributed by atoms with Gasteiger partial charge in [0.25, 0.3) is 0 Å². The fourth-order valence-corrected chi connectivity index (χ4v) is 6.46. The van der Waals surface area contributed by atoms with E-state index in [1.807, 2.05) is 24.3 Å². The van der Waals surface area contributed by atoms with Gasteiger partial charge >= 0.3 is 0 Å². The zero-order valence-corrected chi connectivity index (χ0v) is 19.9. The molecule has 4 nitrogen and oxygen atoms in total. The zero-order valence-electron chi connectivity index (χ0n) is 19.1. The van der Waals surface area contributed by atoms with Crippen molar-refractivity contribution in [2.45, 2.75) is 63.9 Å². The molecule has 1 fully saturated rings. The maximum absolute atomic E-state index is 12.7. The Hall–Kier alpha value is -1.69. The lowest BCUT2D eigenvalue weighted by molar-refractivity contribution is 0.104. The predicted octanol–water partition coefficient (Wildman–Crippen LogP) is 5.09. The first kappa shape index (κ1) is 22.5. The van der Waals surface area contributed by atoms with Crippen LogP contribution in [0.4, 0.5) is 0 Å². The first-order chi connectivity index (χ1) is 14.8. The van der Waals surface area contributed by atoms with Crippen LogP contribution in [-0.4, -0.2) is 29.1 Å². The Balaban J connectivity index is 1.53. The van der Waals surface area contributed by atoms with Crippen molar-refractivity contribution in [1.82, 2.24) is 4.72 Å². The van der Waals surface area contributed by atoms with E-state index in [2.05, 4.69) is 37.6 Å². The van der Waals surface area contributed by atoms with Crippen LogP contribution >= 0.6 is 0 Å². The molecule has 4 unspecified atom stereocenters. The fourth-order valence-electron chi connectivity index (χ4n) is 5.59. The van der Waals surface area contributed by atoms with E-state index in [4.69, 9.17) is 4.74 Å². The first-order valence-electron chi connectivity index (χ1n) is 11.4. The number of aliphatic hydroxyl groups excluding tert-OH is 1. The van der Waals surface area contributed by atoms with Crippen LogP contribution in [-0.2, 0) is 11.0 Å². The van der Waals surface area contributed by atoms with Gasteiger partial charge in [-0.3, -0.25) is 0 Å². The van der Waals surface area contributed by atoms with Gasteiger partial charge in [-0.05, 0) is 78.8 Å². The molecule has 0 amide bonds. The predicted molar refractivity (Wildman–Crippen MR) is 126 cm³/mol. The topological polar surface area (TPSA) is 58.6 Å². The lowest BCUT2D eigenvalue weighted by Gasteiger charge is -2.41. The van der Waals surface area contributed by atoms with Gasteiger partial charge in [0.2, 0.25) is 0 Å². The maximum Gasteiger partial charge on any atom is 0.125 e. The lowest BCUT2D eigenvalue weighted by Crippen LogP contribution is -2.33. The number of ether oxygens (including phenoxy) is 1. The van der Waals surface area contributed by atoms with Crippen LogP contribution in [0, 0.1) is 17.3 Å². The van der Waals surface area contributed by atoms with Crippen molar-refractivity contribution in [2.75, 3.05) is 13.7 Å². The van der Waals surface area contributed by atoms with Crippen LogP contribution in [0.2, 0.25) is 0 Å². The summed E-state index contributed by atoms with van der Waals surface area (Å²) in [4.78, 5) is 0.719. The molecule has 2 N–H and O–H groups in total. The Bertz CT molecular complexity index is 944. The monoisotopic (exact) mass is 441 g/mol. The van der Waals surface area contributed by atoms with Crippen molar-refractivity contribution < 1.29 is 14.1 Å². The molecule has 168 valence electrons. The standard InChI is InChI=1S/C26H35NO3S/c1-17(2)21-11-13-26(3)14-12-22-23(25(21)26)10-5-18(15-24(22)28)16-27-31(29)20-8-6-19(30-4)7-9-20/h5-10,17,22,24,27-28H,11-16H2,1-4H3. The van der Waals surface area contributed by atoms with Crippen LogP contribution in [0.5, 0.6) is 5.75 Å². The van der Waals surface area contributed by atoms with Gasteiger partial charge in [-0.1, -0.05) is 44.1 Å². The lowest BCUT2D eigenvalue weighted by atomic mass is 9.64. The number of rotatable bonds is 6. The highest BCUT2D eigenvalue weighted by molar-refractivity contribution is 7.83. The average molecular weight is 442 g/mol. The van der Waals surface area contributed by atoms with Crippen molar-refractivity contribution in [2.24, 2.45) is 17.3 Å². The zero-order chi connectivity index (χ0) is 22.2. The molecule has 0 aromatic heterocycles. The highest BCUT2D eigenvalue weighted by atomic mass is 32.2. The largest absolute Gasteiger partial charge is 0.497 e. The maximum atomic E-state index is 12.7. The van der Waals surface area contributed by atoms with Gasteiger partial charge in [0, 0.05) is 12.5 Å². The number of hydrogen-bond acceptors (Lipinski definition) is 3. The van der Waals surface area contributed by atoms with E-state index in [1.165, 1.54) is 24.0 Å². The molecule has 0 saturated heterocycles. The van der Waals surface area contributed by atoms with Gasteiger partial charge in [-0.2, -0.15) is 0 Å². The highest BCUT2D eigenvalue weighted by Crippen LogP contribution is 2.57. The highest BCUT2D eigenvalue weighted by Gasteiger charge is 2.45. The summed E-state index contributed by atoms with van der Waals surface area (Å²) in [5.74, 6) is 1.50. The summed E-state index contributed by atoms with van der Waals surface area (Å²) in [5.41, 5.74) is 5.83. The minimum absolute atomic E-state index is 0.204. The molecule has 0 bridgehead atoms. The van der Waals surface area contributed by atoms with E-state index in [9.17, 15) is 9.32 Å². The summed E-state index contributed by atoms with van der Waals surface area (Å²) in [5, 5.41) is 11.1. The van der Waals surface area contributed by atoms with Crippen LogP contribution in [0.1, 0.15) is 52.9 Å². The number of aliphatic hydroxyl groups is 1. The molecule has 31 heavy (non-hydrogen) atoms. The Kier molecular flexibility index (Phi) is 6.57. The number of benzene rings is 1. The third-order valence-electron chi connectivity index (χ3n) is 7.40. The summed E-state index contributed by atoms with van der Waals surface area (Å²) < 4.78 is 21.0. The van der Waals surface area contributed by atoms with Gasteiger partial charge in [0.1, 0.15) is 16.7 Å². The van der Waals surface area contributed by atoms with Crippen molar-refractivity contribution in [3.05, 3.63) is 58.7 Å². The molecule has 4 rings (SSSR count). The molecular formula is C26H35NO3S. The number of fused-ring (bicyclic) bond motifs is 3. The number of allylic oxidation sites excluding steroid dienone is 4. The molecule has 3 aliphatic rings. The fraction of sp³-hybridized carbons (Fsp3) is 0.538. The SMILES string of the molecule is COc1ccc(S(=O)NCC2=CC=C3C4=C(C(C)C)CCC4(C)CCC3C(O)C2)cc1. The third-order valence-corrected chi connectivity index (χ3v) is 8.51. The van der Waals surface area contributed by atoms with E-state index in [1.54, 1.807) is 12.7 Å². The van der Waals surface area contributed by atoms with E-state index >= 15 is 0 Å². The van der Waals surface area contributed by atoms with E-state index < -0.39 is 11.0 Å². The molecule has 5 heteroatoms. The second-order valence-electron chi connectivity index (χ2n) is 9.74. The minimum Gasteiger partial charge on any atom is -0.497 e. The smallest absolute Gasteiger partial charge is 0.125 e. The van der Waals surface area contributed by atoms with Gasteiger partial charge < -0.3 is 9.84 Å².